The summed E-state index contributed by atoms with van der Waals surface area (Å²) in [5.74, 6) is 1.60. The first-order valence-electron chi connectivity index (χ1n) is 4.76. The molecule has 0 saturated carbocycles. The van der Waals surface area contributed by atoms with E-state index in [2.05, 4.69) is 6.07 Å². The summed E-state index contributed by atoms with van der Waals surface area (Å²) in [6.45, 7) is 4.67. The molecule has 82 valence electrons. The highest BCUT2D eigenvalue weighted by Crippen LogP contribution is 2.16. The summed E-state index contributed by atoms with van der Waals surface area (Å²) in [4.78, 5) is 0. The molecule has 0 aliphatic heterocycles. The van der Waals surface area contributed by atoms with E-state index in [1.165, 1.54) is 22.9 Å². The lowest BCUT2D eigenvalue weighted by Gasteiger charge is -2.07. The molecular weight excluding hydrogens is 208 g/mol. The molecule has 15 heavy (non-hydrogen) atoms. The maximum atomic E-state index is 7.03. The topological polar surface area (TPSA) is 59.1 Å². The summed E-state index contributed by atoms with van der Waals surface area (Å²) in [5.41, 5.74) is 7.61. The van der Waals surface area contributed by atoms with Gasteiger partial charge in [-0.05, 0) is 37.1 Å². The molecule has 0 aliphatic carbocycles. The third kappa shape index (κ3) is 4.74. The van der Waals surface area contributed by atoms with E-state index in [1.54, 1.807) is 0 Å². The lowest BCUT2D eigenvalue weighted by molar-refractivity contribution is 0.343. The highest BCUT2D eigenvalue weighted by molar-refractivity contribution is 8.13. The SMILES string of the molecule is Cc1cc(C)cc(OCCSC(=N)N)c1. The van der Waals surface area contributed by atoms with Gasteiger partial charge in [-0.1, -0.05) is 17.8 Å². The monoisotopic (exact) mass is 224 g/mol. The minimum absolute atomic E-state index is 0.138. The summed E-state index contributed by atoms with van der Waals surface area (Å²) in [5, 5.41) is 7.17. The van der Waals surface area contributed by atoms with Gasteiger partial charge in [-0.2, -0.15) is 0 Å². The predicted octanol–water partition coefficient (Wildman–Crippen LogP) is 2.31. The fourth-order valence-corrected chi connectivity index (χ4v) is 1.71. The standard InChI is InChI=1S/C11H16N2OS/c1-8-5-9(2)7-10(6-8)14-3-4-15-11(12)13/h5-7H,3-4H2,1-2H3,(H3,12,13). The van der Waals surface area contributed by atoms with Crippen LogP contribution in [0.25, 0.3) is 0 Å². The van der Waals surface area contributed by atoms with Crippen molar-refractivity contribution in [1.29, 1.82) is 5.41 Å². The Balaban J connectivity index is 2.40. The van der Waals surface area contributed by atoms with Crippen molar-refractivity contribution in [1.82, 2.24) is 0 Å². The van der Waals surface area contributed by atoms with Crippen LogP contribution in [-0.4, -0.2) is 17.5 Å². The number of aryl methyl sites for hydroxylation is 2. The van der Waals surface area contributed by atoms with Gasteiger partial charge in [0, 0.05) is 5.75 Å². The number of nitrogens with one attached hydrogen (secondary N) is 1. The van der Waals surface area contributed by atoms with Gasteiger partial charge in [-0.25, -0.2) is 0 Å². The minimum atomic E-state index is 0.138. The number of hydrogen-bond acceptors (Lipinski definition) is 3. The van der Waals surface area contributed by atoms with E-state index in [4.69, 9.17) is 15.9 Å². The fraction of sp³-hybridized carbons (Fsp3) is 0.364. The van der Waals surface area contributed by atoms with Crippen LogP contribution < -0.4 is 10.5 Å². The van der Waals surface area contributed by atoms with Crippen molar-refractivity contribution in [2.75, 3.05) is 12.4 Å². The molecule has 0 unspecified atom stereocenters. The zero-order valence-electron chi connectivity index (χ0n) is 9.04. The molecule has 0 amide bonds. The van der Waals surface area contributed by atoms with E-state index in [-0.39, 0.29) is 5.17 Å². The molecule has 1 rings (SSSR count). The zero-order chi connectivity index (χ0) is 11.3. The van der Waals surface area contributed by atoms with Gasteiger partial charge in [0.05, 0.1) is 6.61 Å². The molecule has 4 heteroatoms. The first-order chi connectivity index (χ1) is 7.08. The van der Waals surface area contributed by atoms with Gasteiger partial charge in [0.1, 0.15) is 5.75 Å². The summed E-state index contributed by atoms with van der Waals surface area (Å²) in [7, 11) is 0. The first kappa shape index (κ1) is 11.9. The van der Waals surface area contributed by atoms with Crippen LogP contribution in [0.5, 0.6) is 5.75 Å². The van der Waals surface area contributed by atoms with Gasteiger partial charge < -0.3 is 10.5 Å². The lowest BCUT2D eigenvalue weighted by Crippen LogP contribution is -2.08. The van der Waals surface area contributed by atoms with Gasteiger partial charge in [0.15, 0.2) is 5.17 Å². The van der Waals surface area contributed by atoms with Crippen molar-refractivity contribution >= 4 is 16.9 Å². The number of benzene rings is 1. The molecule has 1 aromatic carbocycles. The molecule has 0 saturated heterocycles. The maximum Gasteiger partial charge on any atom is 0.151 e. The number of rotatable bonds is 4. The summed E-state index contributed by atoms with van der Waals surface area (Å²) >= 11 is 1.30. The van der Waals surface area contributed by atoms with Crippen LogP contribution in [0.2, 0.25) is 0 Å². The fourth-order valence-electron chi connectivity index (χ4n) is 1.33. The normalized spacial score (nSPS) is 10.0. The largest absolute Gasteiger partial charge is 0.493 e. The van der Waals surface area contributed by atoms with Crippen LogP contribution >= 0.6 is 11.8 Å². The Hall–Kier alpha value is -1.16. The summed E-state index contributed by atoms with van der Waals surface area (Å²) in [6.07, 6.45) is 0. The number of thioether (sulfide) groups is 1. The lowest BCUT2D eigenvalue weighted by atomic mass is 10.1. The van der Waals surface area contributed by atoms with E-state index < -0.39 is 0 Å². The number of amidine groups is 1. The Morgan fingerprint density at radius 2 is 1.93 bits per heavy atom. The van der Waals surface area contributed by atoms with Crippen molar-refractivity contribution in [2.45, 2.75) is 13.8 Å². The minimum Gasteiger partial charge on any atom is -0.493 e. The molecule has 0 aromatic heterocycles. The molecule has 0 fully saturated rings. The number of ether oxygens (including phenoxy) is 1. The van der Waals surface area contributed by atoms with Gasteiger partial charge in [-0.3, -0.25) is 5.41 Å². The Morgan fingerprint density at radius 1 is 1.33 bits per heavy atom. The predicted molar refractivity (Wildman–Crippen MR) is 65.8 cm³/mol. The number of nitrogens with two attached hydrogens (primary N) is 1. The Labute approximate surface area is 94.5 Å². The second-order valence-electron chi connectivity index (χ2n) is 3.38. The van der Waals surface area contributed by atoms with E-state index in [0.29, 0.717) is 12.4 Å². The van der Waals surface area contributed by atoms with Crippen LogP contribution in [0, 0.1) is 19.3 Å². The highest BCUT2D eigenvalue weighted by atomic mass is 32.2. The first-order valence-corrected chi connectivity index (χ1v) is 5.74. The average molecular weight is 224 g/mol. The van der Waals surface area contributed by atoms with E-state index in [9.17, 15) is 0 Å². The molecule has 0 aliphatic rings. The second kappa shape index (κ2) is 5.66. The molecule has 0 bridgehead atoms. The third-order valence-electron chi connectivity index (χ3n) is 1.80. The van der Waals surface area contributed by atoms with E-state index in [0.717, 1.165) is 5.75 Å². The molecule has 1 aromatic rings. The van der Waals surface area contributed by atoms with Crippen LogP contribution in [0.15, 0.2) is 18.2 Å². The van der Waals surface area contributed by atoms with Crippen LogP contribution in [-0.2, 0) is 0 Å². The smallest absolute Gasteiger partial charge is 0.151 e. The average Bonchev–Trinajstić information content (AvgIpc) is 2.10. The van der Waals surface area contributed by atoms with Crippen LogP contribution in [0.1, 0.15) is 11.1 Å². The van der Waals surface area contributed by atoms with Crippen molar-refractivity contribution in [3.8, 4) is 5.75 Å². The molecular formula is C11H16N2OS. The molecule has 3 N–H and O–H groups in total. The molecule has 0 spiro atoms. The van der Waals surface area contributed by atoms with E-state index >= 15 is 0 Å². The second-order valence-corrected chi connectivity index (χ2v) is 4.52. The van der Waals surface area contributed by atoms with E-state index in [1.807, 2.05) is 26.0 Å². The van der Waals surface area contributed by atoms with Crippen molar-refractivity contribution in [3.63, 3.8) is 0 Å². The Bertz CT molecular complexity index is 332. The third-order valence-corrected chi connectivity index (χ3v) is 2.49. The number of hydrogen-bond donors (Lipinski definition) is 2. The molecule has 0 heterocycles. The van der Waals surface area contributed by atoms with Gasteiger partial charge >= 0.3 is 0 Å². The molecule has 3 nitrogen and oxygen atoms in total. The van der Waals surface area contributed by atoms with Gasteiger partial charge in [0.25, 0.3) is 0 Å². The zero-order valence-corrected chi connectivity index (χ0v) is 9.86. The summed E-state index contributed by atoms with van der Waals surface area (Å²) < 4.78 is 5.54. The Morgan fingerprint density at radius 3 is 2.47 bits per heavy atom. The highest BCUT2D eigenvalue weighted by Gasteiger charge is 1.97. The Kier molecular flexibility index (Phi) is 4.49. The summed E-state index contributed by atoms with van der Waals surface area (Å²) in [6, 6.07) is 6.12. The van der Waals surface area contributed by atoms with Crippen molar-refractivity contribution < 1.29 is 4.74 Å². The van der Waals surface area contributed by atoms with Crippen molar-refractivity contribution in [3.05, 3.63) is 29.3 Å². The van der Waals surface area contributed by atoms with Gasteiger partial charge in [0.2, 0.25) is 0 Å². The molecule has 0 radical (unpaired) electrons. The van der Waals surface area contributed by atoms with Crippen molar-refractivity contribution in [2.24, 2.45) is 5.73 Å². The van der Waals surface area contributed by atoms with Crippen LogP contribution in [0.4, 0.5) is 0 Å². The molecule has 0 atom stereocenters. The quantitative estimate of drug-likeness (QED) is 0.469. The maximum absolute atomic E-state index is 7.03. The van der Waals surface area contributed by atoms with Gasteiger partial charge in [-0.15, -0.1) is 0 Å². The van der Waals surface area contributed by atoms with Crippen LogP contribution in [0.3, 0.4) is 0 Å².